The summed E-state index contributed by atoms with van der Waals surface area (Å²) in [4.78, 5) is 0. The Labute approximate surface area is 91.7 Å². The summed E-state index contributed by atoms with van der Waals surface area (Å²) < 4.78 is 2.04. The predicted molar refractivity (Wildman–Crippen MR) is 62.7 cm³/mol. The summed E-state index contributed by atoms with van der Waals surface area (Å²) in [7, 11) is 0. The summed E-state index contributed by atoms with van der Waals surface area (Å²) >= 11 is 0. The van der Waals surface area contributed by atoms with E-state index in [1.807, 2.05) is 17.7 Å². The monoisotopic (exact) mass is 207 g/mol. The van der Waals surface area contributed by atoms with Crippen molar-refractivity contribution in [2.45, 2.75) is 52.5 Å². The molecular formula is C12H21N3. The average molecular weight is 207 g/mol. The molecule has 1 fully saturated rings. The maximum Gasteiger partial charge on any atom is 0.122 e. The lowest BCUT2D eigenvalue weighted by molar-refractivity contribution is 0.135. The van der Waals surface area contributed by atoms with Crippen LogP contribution >= 0.6 is 0 Å². The number of hydrogen-bond donors (Lipinski definition) is 1. The third-order valence-electron chi connectivity index (χ3n) is 3.63. The molecule has 0 spiro atoms. The Bertz CT molecular complexity index is 352. The van der Waals surface area contributed by atoms with Crippen molar-refractivity contribution >= 4 is 5.82 Å². The van der Waals surface area contributed by atoms with Crippen LogP contribution in [0.1, 0.15) is 51.3 Å². The van der Waals surface area contributed by atoms with E-state index in [0.29, 0.717) is 11.5 Å². The maximum atomic E-state index is 5.99. The molecule has 1 aliphatic rings. The van der Waals surface area contributed by atoms with E-state index in [9.17, 15) is 0 Å². The summed E-state index contributed by atoms with van der Waals surface area (Å²) in [6, 6.07) is 2.44. The second-order valence-corrected chi connectivity index (χ2v) is 5.41. The number of nitrogens with two attached hydrogens (primary N) is 1. The molecule has 0 radical (unpaired) electrons. The van der Waals surface area contributed by atoms with E-state index < -0.39 is 0 Å². The fraction of sp³-hybridized carbons (Fsp3) is 0.750. The SMILES string of the molecule is Cc1cc(N)n(C2CCCCC2(C)C)n1. The Kier molecular flexibility index (Phi) is 2.49. The van der Waals surface area contributed by atoms with Crippen LogP contribution in [0.5, 0.6) is 0 Å². The van der Waals surface area contributed by atoms with E-state index in [2.05, 4.69) is 18.9 Å². The van der Waals surface area contributed by atoms with Gasteiger partial charge in [0.2, 0.25) is 0 Å². The third kappa shape index (κ3) is 1.87. The molecule has 84 valence electrons. The molecule has 2 rings (SSSR count). The van der Waals surface area contributed by atoms with Gasteiger partial charge in [0.05, 0.1) is 11.7 Å². The van der Waals surface area contributed by atoms with Gasteiger partial charge in [0.15, 0.2) is 0 Å². The summed E-state index contributed by atoms with van der Waals surface area (Å²) in [5, 5.41) is 4.52. The van der Waals surface area contributed by atoms with E-state index >= 15 is 0 Å². The highest BCUT2D eigenvalue weighted by Gasteiger charge is 2.34. The molecule has 2 N–H and O–H groups in total. The molecule has 1 aromatic heterocycles. The highest BCUT2D eigenvalue weighted by Crippen LogP contribution is 2.44. The van der Waals surface area contributed by atoms with Crippen LogP contribution in [0, 0.1) is 12.3 Å². The molecule has 1 atom stereocenters. The minimum atomic E-state index is 0.324. The van der Waals surface area contributed by atoms with Crippen LogP contribution < -0.4 is 5.73 Å². The Morgan fingerprint density at radius 1 is 1.47 bits per heavy atom. The van der Waals surface area contributed by atoms with Crippen LogP contribution in [-0.2, 0) is 0 Å². The molecule has 3 nitrogen and oxygen atoms in total. The first kappa shape index (κ1) is 10.5. The lowest BCUT2D eigenvalue weighted by Crippen LogP contribution is -2.31. The van der Waals surface area contributed by atoms with Crippen molar-refractivity contribution in [1.82, 2.24) is 9.78 Å². The summed E-state index contributed by atoms with van der Waals surface area (Å²) in [5.74, 6) is 0.812. The van der Waals surface area contributed by atoms with Crippen molar-refractivity contribution < 1.29 is 0 Å². The van der Waals surface area contributed by atoms with Crippen LogP contribution in [0.15, 0.2) is 6.07 Å². The molecule has 1 heterocycles. The maximum absolute atomic E-state index is 5.99. The van der Waals surface area contributed by atoms with Crippen molar-refractivity contribution in [3.8, 4) is 0 Å². The number of hydrogen-bond acceptors (Lipinski definition) is 2. The number of aromatic nitrogens is 2. The van der Waals surface area contributed by atoms with Gasteiger partial charge >= 0.3 is 0 Å². The normalized spacial score (nSPS) is 25.4. The molecule has 0 saturated heterocycles. The number of rotatable bonds is 1. The fourth-order valence-corrected chi connectivity index (χ4v) is 2.72. The second kappa shape index (κ2) is 3.54. The molecule has 1 unspecified atom stereocenters. The van der Waals surface area contributed by atoms with Crippen molar-refractivity contribution in [3.63, 3.8) is 0 Å². The zero-order valence-electron chi connectivity index (χ0n) is 9.95. The van der Waals surface area contributed by atoms with E-state index in [4.69, 9.17) is 5.73 Å². The zero-order chi connectivity index (χ0) is 11.1. The number of anilines is 1. The third-order valence-corrected chi connectivity index (χ3v) is 3.63. The molecule has 0 aromatic carbocycles. The van der Waals surface area contributed by atoms with Gasteiger partial charge in [-0.05, 0) is 25.2 Å². The number of aryl methyl sites for hydroxylation is 1. The van der Waals surface area contributed by atoms with Gasteiger partial charge in [-0.15, -0.1) is 0 Å². The van der Waals surface area contributed by atoms with Crippen molar-refractivity contribution in [2.75, 3.05) is 5.73 Å². The fourth-order valence-electron chi connectivity index (χ4n) is 2.72. The molecule has 0 aliphatic heterocycles. The van der Waals surface area contributed by atoms with Gasteiger partial charge in [-0.1, -0.05) is 26.7 Å². The van der Waals surface area contributed by atoms with Gasteiger partial charge in [0.25, 0.3) is 0 Å². The summed E-state index contributed by atoms with van der Waals surface area (Å²) in [6.45, 7) is 6.66. The van der Waals surface area contributed by atoms with E-state index in [1.165, 1.54) is 25.7 Å². The number of nitrogens with zero attached hydrogens (tertiary/aromatic N) is 2. The largest absolute Gasteiger partial charge is 0.384 e. The zero-order valence-corrected chi connectivity index (χ0v) is 9.95. The second-order valence-electron chi connectivity index (χ2n) is 5.41. The standard InChI is InChI=1S/C12H21N3/c1-9-8-11(13)15(14-9)10-6-4-5-7-12(10,2)3/h8,10H,4-7,13H2,1-3H3. The van der Waals surface area contributed by atoms with E-state index in [1.54, 1.807) is 0 Å². The Balaban J connectivity index is 2.32. The van der Waals surface area contributed by atoms with Crippen molar-refractivity contribution in [1.29, 1.82) is 0 Å². The van der Waals surface area contributed by atoms with Crippen LogP contribution in [-0.4, -0.2) is 9.78 Å². The van der Waals surface area contributed by atoms with Gasteiger partial charge in [-0.3, -0.25) is 0 Å². The van der Waals surface area contributed by atoms with Crippen molar-refractivity contribution in [2.24, 2.45) is 5.41 Å². The van der Waals surface area contributed by atoms with Gasteiger partial charge < -0.3 is 5.73 Å². The highest BCUT2D eigenvalue weighted by molar-refractivity contribution is 5.31. The van der Waals surface area contributed by atoms with E-state index in [-0.39, 0.29) is 0 Å². The lowest BCUT2D eigenvalue weighted by atomic mass is 9.73. The minimum absolute atomic E-state index is 0.324. The summed E-state index contributed by atoms with van der Waals surface area (Å²) in [5.41, 5.74) is 7.34. The molecule has 15 heavy (non-hydrogen) atoms. The molecule has 0 bridgehead atoms. The van der Waals surface area contributed by atoms with Crippen molar-refractivity contribution in [3.05, 3.63) is 11.8 Å². The van der Waals surface area contributed by atoms with Crippen LogP contribution in [0.25, 0.3) is 0 Å². The number of nitrogen functional groups attached to an aromatic ring is 1. The Morgan fingerprint density at radius 2 is 2.20 bits per heavy atom. The van der Waals surface area contributed by atoms with Gasteiger partial charge in [-0.2, -0.15) is 5.10 Å². The predicted octanol–water partition coefficient (Wildman–Crippen LogP) is 2.92. The smallest absolute Gasteiger partial charge is 0.122 e. The lowest BCUT2D eigenvalue weighted by Gasteiger charge is -2.39. The first-order valence-electron chi connectivity index (χ1n) is 5.82. The van der Waals surface area contributed by atoms with Gasteiger partial charge in [0.1, 0.15) is 5.82 Å². The molecule has 3 heteroatoms. The Hall–Kier alpha value is -0.990. The van der Waals surface area contributed by atoms with Gasteiger partial charge in [-0.25, -0.2) is 4.68 Å². The van der Waals surface area contributed by atoms with E-state index in [0.717, 1.165) is 11.5 Å². The van der Waals surface area contributed by atoms with Crippen LogP contribution in [0.2, 0.25) is 0 Å². The topological polar surface area (TPSA) is 43.8 Å². The van der Waals surface area contributed by atoms with Crippen LogP contribution in [0.4, 0.5) is 5.82 Å². The highest BCUT2D eigenvalue weighted by atomic mass is 15.3. The first-order valence-corrected chi connectivity index (χ1v) is 5.82. The summed E-state index contributed by atoms with van der Waals surface area (Å²) in [6.07, 6.45) is 5.12. The minimum Gasteiger partial charge on any atom is -0.384 e. The average Bonchev–Trinajstić information content (AvgIpc) is 2.44. The van der Waals surface area contributed by atoms with Gasteiger partial charge in [0, 0.05) is 6.07 Å². The quantitative estimate of drug-likeness (QED) is 0.769. The molecule has 0 amide bonds. The first-order chi connectivity index (χ1) is 7.00. The molecule has 1 saturated carbocycles. The molecule has 1 aliphatic carbocycles. The molecular weight excluding hydrogens is 186 g/mol. The molecule has 1 aromatic rings. The van der Waals surface area contributed by atoms with Crippen LogP contribution in [0.3, 0.4) is 0 Å². The Morgan fingerprint density at radius 3 is 2.73 bits per heavy atom.